The maximum Gasteiger partial charge on any atom is 0.134 e. The van der Waals surface area contributed by atoms with E-state index in [1.54, 1.807) is 0 Å². The molecule has 2 heteroatoms. The molecule has 0 aliphatic heterocycles. The molecule has 0 nitrogen and oxygen atoms in total. The Balaban J connectivity index is 2.63. The molecule has 0 N–H and O–H groups in total. The Morgan fingerprint density at radius 1 is 1.83 bits per heavy atom. The average Bonchev–Trinajstić information content (AvgIpc) is 1.35. The highest BCUT2D eigenvalue weighted by Crippen LogP contribution is 1.97. The first-order chi connectivity index (χ1) is 2.77. The molecule has 1 unspecified atom stereocenters. The lowest BCUT2D eigenvalue weighted by Crippen LogP contribution is -1.88. The molecule has 0 aliphatic rings. The molecule has 0 saturated heterocycles. The van der Waals surface area contributed by atoms with Gasteiger partial charge in [0.1, 0.15) is 12.8 Å². The second-order valence-corrected chi connectivity index (χ2v) is 0.987. The third-order valence-corrected chi connectivity index (χ3v) is 0.345. The fourth-order valence-corrected chi connectivity index (χ4v) is 0.0967. The van der Waals surface area contributed by atoms with E-state index in [9.17, 15) is 8.78 Å². The standard InChI is InChI=1S/C4H6F2/c1-4(6)2-3-5/h3-4H,1-2H2. The minimum absolute atomic E-state index is 0.194. The maximum atomic E-state index is 11.3. The molecule has 0 saturated carbocycles. The van der Waals surface area contributed by atoms with Crippen LogP contribution in [-0.4, -0.2) is 6.17 Å². The predicted octanol–water partition coefficient (Wildman–Crippen LogP) is 1.68. The van der Waals surface area contributed by atoms with Crippen molar-refractivity contribution in [2.45, 2.75) is 12.6 Å². The van der Waals surface area contributed by atoms with Gasteiger partial charge in [0, 0.05) is 6.42 Å². The monoisotopic (exact) mass is 92.0 g/mol. The second kappa shape index (κ2) is 3.07. The summed E-state index contributed by atoms with van der Waals surface area (Å²) in [6, 6.07) is 0. The molecule has 0 aromatic rings. The van der Waals surface area contributed by atoms with Crippen molar-refractivity contribution in [2.75, 3.05) is 0 Å². The van der Waals surface area contributed by atoms with Gasteiger partial charge in [-0.25, -0.2) is 8.78 Å². The molecule has 36 valence electrons. The zero-order valence-corrected chi connectivity index (χ0v) is 3.32. The van der Waals surface area contributed by atoms with Crippen LogP contribution in [0.1, 0.15) is 6.42 Å². The van der Waals surface area contributed by atoms with Crippen molar-refractivity contribution in [1.82, 2.24) is 0 Å². The van der Waals surface area contributed by atoms with Gasteiger partial charge in [0.2, 0.25) is 0 Å². The molecule has 0 rings (SSSR count). The van der Waals surface area contributed by atoms with Gasteiger partial charge < -0.3 is 0 Å². The fourth-order valence-electron chi connectivity index (χ4n) is 0.0967. The predicted molar refractivity (Wildman–Crippen MR) is 20.3 cm³/mol. The van der Waals surface area contributed by atoms with Crippen molar-refractivity contribution in [1.29, 1.82) is 0 Å². The van der Waals surface area contributed by atoms with Crippen LogP contribution in [-0.2, 0) is 0 Å². The van der Waals surface area contributed by atoms with E-state index in [2.05, 4.69) is 6.92 Å². The molecule has 0 fully saturated rings. The maximum absolute atomic E-state index is 11.3. The summed E-state index contributed by atoms with van der Waals surface area (Å²) in [6.07, 6.45) is -1.48. The molecule has 0 spiro atoms. The summed E-state index contributed by atoms with van der Waals surface area (Å²) in [5, 5.41) is 0. The van der Waals surface area contributed by atoms with E-state index >= 15 is 0 Å². The zero-order chi connectivity index (χ0) is 4.99. The van der Waals surface area contributed by atoms with Crippen LogP contribution in [0.4, 0.5) is 8.78 Å². The van der Waals surface area contributed by atoms with E-state index in [4.69, 9.17) is 0 Å². The zero-order valence-electron chi connectivity index (χ0n) is 3.32. The first-order valence-electron chi connectivity index (χ1n) is 1.66. The SMILES string of the molecule is [CH2]C(F)C[CH]F. The number of hydrogen-bond donors (Lipinski definition) is 0. The fraction of sp³-hybridized carbons (Fsp3) is 0.500. The Labute approximate surface area is 36.2 Å². The highest BCUT2D eigenvalue weighted by molar-refractivity contribution is 4.61. The summed E-state index contributed by atoms with van der Waals surface area (Å²) in [7, 11) is 0. The average molecular weight is 92.1 g/mol. The van der Waals surface area contributed by atoms with E-state index in [1.807, 2.05) is 0 Å². The van der Waals surface area contributed by atoms with Crippen LogP contribution in [0.25, 0.3) is 0 Å². The van der Waals surface area contributed by atoms with Gasteiger partial charge in [-0.2, -0.15) is 0 Å². The summed E-state index contributed by atoms with van der Waals surface area (Å²) in [6.45, 7) is 3.15. The summed E-state index contributed by atoms with van der Waals surface area (Å²) in [4.78, 5) is 0. The van der Waals surface area contributed by atoms with Gasteiger partial charge in [-0.1, -0.05) is 0 Å². The number of hydrogen-bond acceptors (Lipinski definition) is 0. The molecular formula is C4H6F2. The van der Waals surface area contributed by atoms with Crippen molar-refractivity contribution >= 4 is 0 Å². The van der Waals surface area contributed by atoms with Gasteiger partial charge >= 0.3 is 0 Å². The molecule has 2 radical (unpaired) electrons. The van der Waals surface area contributed by atoms with Crippen LogP contribution in [0.2, 0.25) is 0 Å². The van der Waals surface area contributed by atoms with Gasteiger partial charge in [0.15, 0.2) is 0 Å². The van der Waals surface area contributed by atoms with Crippen LogP contribution in [0.3, 0.4) is 0 Å². The first-order valence-corrected chi connectivity index (χ1v) is 1.66. The highest BCUT2D eigenvalue weighted by Gasteiger charge is 1.93. The quantitative estimate of drug-likeness (QED) is 0.486. The van der Waals surface area contributed by atoms with Gasteiger partial charge in [-0.3, -0.25) is 0 Å². The summed E-state index contributed by atoms with van der Waals surface area (Å²) < 4.78 is 22.2. The lowest BCUT2D eigenvalue weighted by Gasteiger charge is -1.88. The van der Waals surface area contributed by atoms with Gasteiger partial charge in [-0.15, -0.1) is 0 Å². The van der Waals surface area contributed by atoms with Gasteiger partial charge in [0.25, 0.3) is 0 Å². The summed E-state index contributed by atoms with van der Waals surface area (Å²) in [5.74, 6) is 0. The van der Waals surface area contributed by atoms with E-state index in [1.165, 1.54) is 0 Å². The second-order valence-electron chi connectivity index (χ2n) is 0.987. The number of alkyl halides is 1. The van der Waals surface area contributed by atoms with E-state index in [0.29, 0.717) is 0 Å². The smallest absolute Gasteiger partial charge is 0.134 e. The van der Waals surface area contributed by atoms with Crippen molar-refractivity contribution in [3.63, 3.8) is 0 Å². The number of halogens is 2. The van der Waals surface area contributed by atoms with E-state index in [0.717, 1.165) is 0 Å². The molecule has 1 atom stereocenters. The Kier molecular flexibility index (Phi) is 2.99. The summed E-state index contributed by atoms with van der Waals surface area (Å²) >= 11 is 0. The molecule has 0 heterocycles. The minimum Gasteiger partial charge on any atom is -0.247 e. The molecule has 6 heavy (non-hydrogen) atoms. The lowest BCUT2D eigenvalue weighted by atomic mass is 10.3. The van der Waals surface area contributed by atoms with Gasteiger partial charge in [-0.05, 0) is 6.92 Å². The molecule has 0 aliphatic carbocycles. The van der Waals surface area contributed by atoms with Gasteiger partial charge in [0.05, 0.1) is 0 Å². The minimum atomic E-state index is -1.28. The topological polar surface area (TPSA) is 0 Å². The first kappa shape index (κ1) is 5.86. The van der Waals surface area contributed by atoms with Crippen molar-refractivity contribution < 1.29 is 8.78 Å². The molecular weight excluding hydrogens is 86.0 g/mol. The lowest BCUT2D eigenvalue weighted by molar-refractivity contribution is 0.366. The number of rotatable bonds is 2. The largest absolute Gasteiger partial charge is 0.247 e. The Hall–Kier alpha value is -0.140. The summed E-state index contributed by atoms with van der Waals surface area (Å²) in [5.41, 5.74) is 0. The molecule has 0 amide bonds. The van der Waals surface area contributed by atoms with Crippen molar-refractivity contribution in [3.8, 4) is 0 Å². The third kappa shape index (κ3) is 3.86. The van der Waals surface area contributed by atoms with Crippen LogP contribution in [0.5, 0.6) is 0 Å². The molecule has 0 bridgehead atoms. The highest BCUT2D eigenvalue weighted by atomic mass is 19.1. The van der Waals surface area contributed by atoms with Crippen LogP contribution in [0.15, 0.2) is 0 Å². The Morgan fingerprint density at radius 2 is 2.33 bits per heavy atom. The van der Waals surface area contributed by atoms with E-state index < -0.39 is 6.17 Å². The molecule has 0 aromatic heterocycles. The Morgan fingerprint density at radius 3 is 2.33 bits per heavy atom. The van der Waals surface area contributed by atoms with Crippen LogP contribution in [0, 0.1) is 13.6 Å². The van der Waals surface area contributed by atoms with Crippen LogP contribution < -0.4 is 0 Å². The molecule has 0 aromatic carbocycles. The van der Waals surface area contributed by atoms with Crippen molar-refractivity contribution in [3.05, 3.63) is 13.6 Å². The Bertz CT molecular complexity index is 26.7. The van der Waals surface area contributed by atoms with E-state index in [-0.39, 0.29) is 13.1 Å². The van der Waals surface area contributed by atoms with Crippen LogP contribution >= 0.6 is 0 Å². The third-order valence-electron chi connectivity index (χ3n) is 0.345. The van der Waals surface area contributed by atoms with Crippen molar-refractivity contribution in [2.24, 2.45) is 0 Å². The normalized spacial score (nSPS) is 14.5.